The van der Waals surface area contributed by atoms with Gasteiger partial charge >= 0.3 is 11.7 Å². The Kier molecular flexibility index (Phi) is 12.5. The molecule has 0 radical (unpaired) electrons. The van der Waals surface area contributed by atoms with E-state index in [1.54, 1.807) is 12.1 Å². The molecule has 51 heavy (non-hydrogen) atoms. The van der Waals surface area contributed by atoms with E-state index in [0.717, 1.165) is 35.0 Å². The Morgan fingerprint density at radius 2 is 1.69 bits per heavy atom. The van der Waals surface area contributed by atoms with Crippen molar-refractivity contribution in [3.63, 3.8) is 0 Å². The molecule has 0 saturated heterocycles. The Bertz CT molecular complexity index is 1980. The van der Waals surface area contributed by atoms with Gasteiger partial charge in [-0.2, -0.15) is 0 Å². The number of nitrogens with zero attached hydrogens (tertiary/aromatic N) is 3. The van der Waals surface area contributed by atoms with Crippen LogP contribution in [0.2, 0.25) is 0 Å². The molecule has 5 rings (SSSR count). The van der Waals surface area contributed by atoms with Crippen LogP contribution < -0.4 is 10.1 Å². The molecule has 3 aromatic carbocycles. The monoisotopic (exact) mass is 719 g/mol. The number of sulfonamides is 1. The standard InChI is InChI=1S/C38H46N4O8S/c1-40(51(46,47)34-20-12-10-18-31(34)42(45)49-4)24-14-6-13-23-39-35(43)26-50-33-19-11-9-17-30(33)37-36(27-15-7-5-8-16-27)29-22-21-28(38(44)48-3)25-32(29)41(37)2/h9-12,17-22,25,27H,5-8,13-16,23-24,26H2,1-4H3/p+1. The average molecular weight is 720 g/mol. The number of nitrogens with one attached hydrogen (secondary N) is 1. The molecule has 0 bridgehead atoms. The van der Waals surface area contributed by atoms with Crippen LogP contribution in [0.3, 0.4) is 0 Å². The van der Waals surface area contributed by atoms with E-state index in [-0.39, 0.29) is 40.5 Å². The Morgan fingerprint density at radius 3 is 2.43 bits per heavy atom. The molecule has 0 atom stereocenters. The van der Waals surface area contributed by atoms with Gasteiger partial charge in [-0.3, -0.25) is 4.79 Å². The first kappa shape index (κ1) is 37.5. The summed E-state index contributed by atoms with van der Waals surface area (Å²) in [7, 11) is 2.12. The smallest absolute Gasteiger partial charge is 0.337 e. The van der Waals surface area contributed by atoms with E-state index in [2.05, 4.69) is 14.7 Å². The van der Waals surface area contributed by atoms with E-state index in [4.69, 9.17) is 9.47 Å². The summed E-state index contributed by atoms with van der Waals surface area (Å²) in [5.41, 5.74) is 4.50. The summed E-state index contributed by atoms with van der Waals surface area (Å²) in [5, 5.41) is 4.01. The number of rotatable bonds is 16. The van der Waals surface area contributed by atoms with E-state index in [1.807, 2.05) is 49.5 Å². The second kappa shape index (κ2) is 17.0. The number of benzene rings is 3. The molecule has 0 spiro atoms. The van der Waals surface area contributed by atoms with E-state index in [0.29, 0.717) is 43.0 Å². The predicted molar refractivity (Wildman–Crippen MR) is 194 cm³/mol. The van der Waals surface area contributed by atoms with Crippen molar-refractivity contribution in [1.82, 2.24) is 14.2 Å². The number of carbonyl (C=O) groups is 2. The lowest BCUT2D eigenvalue weighted by Gasteiger charge is -2.24. The molecule has 12 nitrogen and oxygen atoms in total. The minimum atomic E-state index is -3.91. The molecular formula is C38H47N4O8S+. The zero-order valence-electron chi connectivity index (χ0n) is 29.7. The van der Waals surface area contributed by atoms with Crippen LogP contribution in [0.15, 0.2) is 71.6 Å². The summed E-state index contributed by atoms with van der Waals surface area (Å²) in [6.45, 7) is 0.502. The maximum atomic E-state index is 13.1. The van der Waals surface area contributed by atoms with Crippen molar-refractivity contribution in [2.45, 2.75) is 62.2 Å². The molecular weight excluding hydrogens is 673 g/mol. The first-order valence-corrected chi connectivity index (χ1v) is 18.8. The van der Waals surface area contributed by atoms with Crippen molar-refractivity contribution in [3.05, 3.63) is 82.8 Å². The summed E-state index contributed by atoms with van der Waals surface area (Å²) in [5.74, 6) is 0.327. The molecule has 13 heteroatoms. The van der Waals surface area contributed by atoms with Crippen LogP contribution >= 0.6 is 0 Å². The number of amides is 1. The van der Waals surface area contributed by atoms with Gasteiger partial charge in [0.1, 0.15) is 5.75 Å². The summed E-state index contributed by atoms with van der Waals surface area (Å²) in [6.07, 6.45) is 7.64. The Morgan fingerprint density at radius 1 is 0.961 bits per heavy atom. The molecule has 4 aromatic rings. The van der Waals surface area contributed by atoms with Gasteiger partial charge in [-0.05, 0) is 67.5 Å². The van der Waals surface area contributed by atoms with Gasteiger partial charge in [0, 0.05) is 49.7 Å². The largest absolute Gasteiger partial charge is 0.483 e. The van der Waals surface area contributed by atoms with Crippen LogP contribution in [0.1, 0.15) is 73.2 Å². The number of unbranched alkanes of at least 4 members (excludes halogenated alkanes) is 2. The minimum Gasteiger partial charge on any atom is -0.483 e. The molecule has 1 fully saturated rings. The average Bonchev–Trinajstić information content (AvgIpc) is 3.45. The number of aryl methyl sites for hydroxylation is 1. The Balaban J connectivity index is 1.19. The molecule has 1 saturated carbocycles. The molecule has 1 aromatic heterocycles. The number of para-hydroxylation sites is 2. The fourth-order valence-electron chi connectivity index (χ4n) is 6.90. The van der Waals surface area contributed by atoms with Crippen LogP contribution in [-0.2, 0) is 31.4 Å². The highest BCUT2D eigenvalue weighted by Crippen LogP contribution is 2.46. The maximum absolute atomic E-state index is 13.1. The SMILES string of the molecule is COC(=O)c1ccc2c(C3CCCCC3)c(-c3ccccc3OCC(=O)NCCCCCN(C)S(=O)(=O)c3ccccc3[N+](=O)OC)n(C)c2c1. The van der Waals surface area contributed by atoms with Crippen molar-refractivity contribution in [2.75, 3.05) is 41.0 Å². The van der Waals surface area contributed by atoms with Gasteiger partial charge in [-0.1, -0.05) is 56.0 Å². The number of ether oxygens (including phenoxy) is 2. The van der Waals surface area contributed by atoms with Crippen LogP contribution in [0.4, 0.5) is 5.69 Å². The quantitative estimate of drug-likeness (QED) is 0.0774. The third kappa shape index (κ3) is 8.42. The van der Waals surface area contributed by atoms with Crippen molar-refractivity contribution in [3.8, 4) is 17.0 Å². The lowest BCUT2D eigenvalue weighted by molar-refractivity contribution is -0.738. The van der Waals surface area contributed by atoms with E-state index in [9.17, 15) is 22.9 Å². The summed E-state index contributed by atoms with van der Waals surface area (Å²) >= 11 is 0. The van der Waals surface area contributed by atoms with Crippen LogP contribution in [0.5, 0.6) is 5.75 Å². The van der Waals surface area contributed by atoms with E-state index >= 15 is 0 Å². The highest BCUT2D eigenvalue weighted by Gasteiger charge is 2.32. The fourth-order valence-corrected chi connectivity index (χ4v) is 8.26. The molecule has 0 aliphatic heterocycles. The van der Waals surface area contributed by atoms with Crippen molar-refractivity contribution >= 4 is 38.5 Å². The molecule has 1 aliphatic carbocycles. The fraction of sp³-hybridized carbons (Fsp3) is 0.421. The topological polar surface area (TPSA) is 136 Å². The second-order valence-electron chi connectivity index (χ2n) is 12.8. The van der Waals surface area contributed by atoms with Gasteiger partial charge < -0.3 is 19.4 Å². The van der Waals surface area contributed by atoms with Gasteiger partial charge in [0.25, 0.3) is 10.8 Å². The van der Waals surface area contributed by atoms with Crippen molar-refractivity contribution in [2.24, 2.45) is 7.05 Å². The normalized spacial score (nSPS) is 13.7. The number of hydrogen-bond acceptors (Lipinski definition) is 8. The molecule has 272 valence electrons. The number of aromatic nitrogens is 1. The number of methoxy groups -OCH3 is 1. The van der Waals surface area contributed by atoms with Gasteiger partial charge in [0.05, 0.1) is 23.3 Å². The second-order valence-corrected chi connectivity index (χ2v) is 14.8. The highest BCUT2D eigenvalue weighted by atomic mass is 32.2. The van der Waals surface area contributed by atoms with Crippen LogP contribution in [0, 0.1) is 4.91 Å². The number of esters is 1. The van der Waals surface area contributed by atoms with Crippen LogP contribution in [0.25, 0.3) is 22.2 Å². The number of hydrogen-bond donors (Lipinski definition) is 1. The van der Waals surface area contributed by atoms with Gasteiger partial charge in [-0.25, -0.2) is 22.4 Å². The van der Waals surface area contributed by atoms with Crippen molar-refractivity contribution < 1.29 is 37.2 Å². The highest BCUT2D eigenvalue weighted by molar-refractivity contribution is 7.89. The lowest BCUT2D eigenvalue weighted by atomic mass is 9.81. The lowest BCUT2D eigenvalue weighted by Crippen LogP contribution is -2.30. The van der Waals surface area contributed by atoms with Crippen LogP contribution in [-0.4, -0.2) is 75.1 Å². The van der Waals surface area contributed by atoms with Gasteiger partial charge in [0.15, 0.2) is 18.6 Å². The van der Waals surface area contributed by atoms with Crippen molar-refractivity contribution in [1.29, 1.82) is 0 Å². The molecule has 1 heterocycles. The predicted octanol–water partition coefficient (Wildman–Crippen LogP) is 6.64. The van der Waals surface area contributed by atoms with E-state index in [1.165, 1.54) is 62.5 Å². The maximum Gasteiger partial charge on any atom is 0.337 e. The molecule has 1 amide bonds. The first-order chi connectivity index (χ1) is 24.6. The summed E-state index contributed by atoms with van der Waals surface area (Å²) in [4.78, 5) is 41.9. The third-order valence-corrected chi connectivity index (χ3v) is 11.5. The Hall–Kier alpha value is -4.75. The molecule has 1 N–H and O–H groups in total. The third-order valence-electron chi connectivity index (χ3n) is 9.56. The van der Waals surface area contributed by atoms with Gasteiger partial charge in [-0.15, -0.1) is 0 Å². The minimum absolute atomic E-state index is 0.0876. The summed E-state index contributed by atoms with van der Waals surface area (Å²) < 4.78 is 40.7. The molecule has 1 aliphatic rings. The Labute approximate surface area is 299 Å². The van der Waals surface area contributed by atoms with Gasteiger partial charge in [0.2, 0.25) is 10.0 Å². The number of fused-ring (bicyclic) bond motifs is 1. The number of carbonyl (C=O) groups excluding carboxylic acids is 2. The zero-order chi connectivity index (χ0) is 36.5. The van der Waals surface area contributed by atoms with E-state index < -0.39 is 10.0 Å². The molecule has 0 unspecified atom stereocenters. The summed E-state index contributed by atoms with van der Waals surface area (Å²) in [6, 6.07) is 19.4. The first-order valence-electron chi connectivity index (χ1n) is 17.3. The zero-order valence-corrected chi connectivity index (χ0v) is 30.5.